The van der Waals surface area contributed by atoms with Crippen molar-refractivity contribution in [3.05, 3.63) is 59.1 Å². The van der Waals surface area contributed by atoms with E-state index in [9.17, 15) is 4.79 Å². The Kier molecular flexibility index (Phi) is 6.11. The van der Waals surface area contributed by atoms with Crippen LogP contribution >= 0.6 is 11.3 Å². The summed E-state index contributed by atoms with van der Waals surface area (Å²) in [5, 5.41) is 4.31. The Bertz CT molecular complexity index is 937. The largest absolute Gasteiger partial charge is 0.497 e. The van der Waals surface area contributed by atoms with Gasteiger partial charge in [-0.05, 0) is 49.6 Å². The standard InChI is InChI=1S/C23H27N3O2S/c1-16(22(27)24-14-17-9-11-19(28-2)12-10-17)26-13-5-6-18(15-26)23-25-20-7-3-4-8-21(20)29-23/h3-4,7-12,16,18H,5-6,13-15H2,1-2H3,(H,24,27)/p+1/t16-,18-/m0/s1. The summed E-state index contributed by atoms with van der Waals surface area (Å²) in [6, 6.07) is 16.1. The number of carbonyl (C=O) groups excluding carboxylic acids is 1. The number of methoxy groups -OCH3 is 1. The highest BCUT2D eigenvalue weighted by atomic mass is 32.1. The Hall–Kier alpha value is -2.44. The van der Waals surface area contributed by atoms with Crippen LogP contribution in [0.2, 0.25) is 0 Å². The molecule has 2 aromatic carbocycles. The van der Waals surface area contributed by atoms with E-state index in [4.69, 9.17) is 9.72 Å². The molecule has 152 valence electrons. The van der Waals surface area contributed by atoms with E-state index in [0.29, 0.717) is 12.5 Å². The molecule has 1 aliphatic rings. The van der Waals surface area contributed by atoms with Crippen molar-refractivity contribution < 1.29 is 14.4 Å². The van der Waals surface area contributed by atoms with E-state index >= 15 is 0 Å². The molecule has 1 fully saturated rings. The van der Waals surface area contributed by atoms with Crippen LogP contribution in [-0.2, 0) is 11.3 Å². The molecular weight excluding hydrogens is 382 g/mol. The zero-order chi connectivity index (χ0) is 20.2. The van der Waals surface area contributed by atoms with Crippen molar-refractivity contribution in [2.45, 2.75) is 38.3 Å². The van der Waals surface area contributed by atoms with Gasteiger partial charge in [-0.25, -0.2) is 4.98 Å². The number of rotatable bonds is 6. The van der Waals surface area contributed by atoms with Crippen LogP contribution in [0.25, 0.3) is 10.2 Å². The molecule has 0 saturated carbocycles. The van der Waals surface area contributed by atoms with E-state index in [0.717, 1.165) is 42.8 Å². The molecule has 1 unspecified atom stereocenters. The van der Waals surface area contributed by atoms with Crippen molar-refractivity contribution in [2.24, 2.45) is 0 Å². The number of likely N-dealkylation sites (tertiary alicyclic amines) is 1. The SMILES string of the molecule is COc1ccc(CNC(=O)[C@H](C)[NH+]2CCC[C@H](c3nc4ccccc4s3)C2)cc1. The minimum Gasteiger partial charge on any atom is -0.497 e. The number of hydrogen-bond acceptors (Lipinski definition) is 4. The Morgan fingerprint density at radius 2 is 2.07 bits per heavy atom. The van der Waals surface area contributed by atoms with E-state index in [1.165, 1.54) is 14.6 Å². The van der Waals surface area contributed by atoms with Crippen LogP contribution < -0.4 is 15.0 Å². The first kappa shape index (κ1) is 19.9. The lowest BCUT2D eigenvalue weighted by Crippen LogP contribution is -3.17. The number of para-hydroxylation sites is 1. The maximum Gasteiger partial charge on any atom is 0.278 e. The zero-order valence-corrected chi connectivity index (χ0v) is 17.8. The highest BCUT2D eigenvalue weighted by Gasteiger charge is 2.32. The number of ether oxygens (including phenoxy) is 1. The Morgan fingerprint density at radius 1 is 1.28 bits per heavy atom. The number of hydrogen-bond donors (Lipinski definition) is 2. The van der Waals surface area contributed by atoms with Gasteiger partial charge in [0.25, 0.3) is 5.91 Å². The quantitative estimate of drug-likeness (QED) is 0.657. The van der Waals surface area contributed by atoms with E-state index in [1.54, 1.807) is 18.4 Å². The van der Waals surface area contributed by atoms with Crippen LogP contribution in [0.15, 0.2) is 48.5 Å². The van der Waals surface area contributed by atoms with Crippen molar-refractivity contribution in [1.82, 2.24) is 10.3 Å². The molecule has 29 heavy (non-hydrogen) atoms. The normalized spacial score (nSPS) is 20.3. The van der Waals surface area contributed by atoms with Crippen molar-refractivity contribution in [3.63, 3.8) is 0 Å². The number of benzene rings is 2. The molecule has 0 aliphatic carbocycles. The van der Waals surface area contributed by atoms with Gasteiger partial charge in [0.05, 0.1) is 36.3 Å². The van der Waals surface area contributed by atoms with Gasteiger partial charge in [0.15, 0.2) is 6.04 Å². The first-order valence-electron chi connectivity index (χ1n) is 10.2. The van der Waals surface area contributed by atoms with Crippen LogP contribution in [0.5, 0.6) is 5.75 Å². The maximum atomic E-state index is 12.8. The maximum absolute atomic E-state index is 12.8. The summed E-state index contributed by atoms with van der Waals surface area (Å²) in [7, 11) is 1.65. The van der Waals surface area contributed by atoms with Crippen LogP contribution in [-0.4, -0.2) is 37.1 Å². The fourth-order valence-corrected chi connectivity index (χ4v) is 5.14. The summed E-state index contributed by atoms with van der Waals surface area (Å²) < 4.78 is 6.43. The highest BCUT2D eigenvalue weighted by molar-refractivity contribution is 7.18. The minimum atomic E-state index is -0.0644. The minimum absolute atomic E-state index is 0.0644. The number of aromatic nitrogens is 1. The van der Waals surface area contributed by atoms with Gasteiger partial charge in [-0.1, -0.05) is 24.3 Å². The molecule has 4 rings (SSSR count). The van der Waals surface area contributed by atoms with Crippen LogP contribution in [0, 0.1) is 0 Å². The van der Waals surface area contributed by atoms with Gasteiger partial charge in [0.2, 0.25) is 0 Å². The molecule has 2 heterocycles. The van der Waals surface area contributed by atoms with E-state index in [2.05, 4.69) is 23.5 Å². The molecule has 0 spiro atoms. The summed E-state index contributed by atoms with van der Waals surface area (Å²) in [6.07, 6.45) is 2.29. The van der Waals surface area contributed by atoms with Crippen LogP contribution in [0.3, 0.4) is 0 Å². The van der Waals surface area contributed by atoms with Gasteiger partial charge in [0, 0.05) is 6.54 Å². The second-order valence-corrected chi connectivity index (χ2v) is 8.82. The first-order valence-corrected chi connectivity index (χ1v) is 11.1. The predicted molar refractivity (Wildman–Crippen MR) is 117 cm³/mol. The molecule has 1 aromatic heterocycles. The second kappa shape index (κ2) is 8.93. The number of thiazole rings is 1. The lowest BCUT2D eigenvalue weighted by Gasteiger charge is -2.32. The average molecular weight is 411 g/mol. The summed E-state index contributed by atoms with van der Waals surface area (Å²) in [5.74, 6) is 1.38. The van der Waals surface area contributed by atoms with Gasteiger partial charge < -0.3 is 15.0 Å². The second-order valence-electron chi connectivity index (χ2n) is 7.76. The number of quaternary nitrogens is 1. The summed E-state index contributed by atoms with van der Waals surface area (Å²) in [4.78, 5) is 19.0. The monoisotopic (exact) mass is 410 g/mol. The van der Waals surface area contributed by atoms with Crippen molar-refractivity contribution in [2.75, 3.05) is 20.2 Å². The molecule has 2 N–H and O–H groups in total. The molecule has 5 nitrogen and oxygen atoms in total. The molecule has 1 aliphatic heterocycles. The number of amides is 1. The van der Waals surface area contributed by atoms with Crippen molar-refractivity contribution in [1.29, 1.82) is 0 Å². The van der Waals surface area contributed by atoms with Gasteiger partial charge in [0.1, 0.15) is 10.8 Å². The van der Waals surface area contributed by atoms with Crippen molar-refractivity contribution >= 4 is 27.5 Å². The number of piperidine rings is 1. The molecule has 0 radical (unpaired) electrons. The lowest BCUT2D eigenvalue weighted by molar-refractivity contribution is -0.920. The van der Waals surface area contributed by atoms with E-state index in [-0.39, 0.29) is 11.9 Å². The first-order chi connectivity index (χ1) is 14.1. The Labute approximate surface area is 175 Å². The molecule has 6 heteroatoms. The number of carbonyl (C=O) groups is 1. The molecule has 0 bridgehead atoms. The summed E-state index contributed by atoms with van der Waals surface area (Å²) in [5.41, 5.74) is 2.16. The van der Waals surface area contributed by atoms with Gasteiger partial charge in [-0.3, -0.25) is 4.79 Å². The van der Waals surface area contributed by atoms with Crippen molar-refractivity contribution in [3.8, 4) is 5.75 Å². The third kappa shape index (κ3) is 4.60. The van der Waals surface area contributed by atoms with Crippen LogP contribution in [0.4, 0.5) is 0 Å². The number of nitrogens with one attached hydrogen (secondary N) is 2. The van der Waals surface area contributed by atoms with E-state index in [1.807, 2.05) is 37.3 Å². The van der Waals surface area contributed by atoms with Gasteiger partial charge in [-0.2, -0.15) is 0 Å². The lowest BCUT2D eigenvalue weighted by atomic mass is 9.97. The third-order valence-electron chi connectivity index (χ3n) is 5.85. The fraction of sp³-hybridized carbons (Fsp3) is 0.391. The van der Waals surface area contributed by atoms with Gasteiger partial charge >= 0.3 is 0 Å². The number of nitrogens with zero attached hydrogens (tertiary/aromatic N) is 1. The third-order valence-corrected chi connectivity index (χ3v) is 7.05. The van der Waals surface area contributed by atoms with Crippen LogP contribution in [0.1, 0.15) is 36.3 Å². The Balaban J connectivity index is 1.35. The highest BCUT2D eigenvalue weighted by Crippen LogP contribution is 2.30. The molecular formula is C23H28N3O2S+. The average Bonchev–Trinajstić information content (AvgIpc) is 3.22. The summed E-state index contributed by atoms with van der Waals surface area (Å²) >= 11 is 1.80. The summed E-state index contributed by atoms with van der Waals surface area (Å²) in [6.45, 7) is 4.59. The Morgan fingerprint density at radius 3 is 2.83 bits per heavy atom. The topological polar surface area (TPSA) is 55.7 Å². The molecule has 3 atom stereocenters. The zero-order valence-electron chi connectivity index (χ0n) is 17.0. The fourth-order valence-electron chi connectivity index (χ4n) is 4.04. The van der Waals surface area contributed by atoms with Gasteiger partial charge in [-0.15, -0.1) is 11.3 Å². The predicted octanol–water partition coefficient (Wildman–Crippen LogP) is 2.77. The molecule has 3 aromatic rings. The van der Waals surface area contributed by atoms with E-state index < -0.39 is 0 Å². The number of fused-ring (bicyclic) bond motifs is 1. The smallest absolute Gasteiger partial charge is 0.278 e. The molecule has 1 amide bonds. The molecule has 1 saturated heterocycles.